The van der Waals surface area contributed by atoms with E-state index in [0.29, 0.717) is 5.76 Å². The highest BCUT2D eigenvalue weighted by Gasteiger charge is 2.23. The first-order valence-electron chi connectivity index (χ1n) is 5.57. The Morgan fingerprint density at radius 2 is 2.31 bits per heavy atom. The van der Waals surface area contributed by atoms with Crippen LogP contribution in [0.25, 0.3) is 0 Å². The number of carbonyl (C=O) groups is 1. The van der Waals surface area contributed by atoms with Gasteiger partial charge in [0.1, 0.15) is 5.76 Å². The van der Waals surface area contributed by atoms with Crippen molar-refractivity contribution < 1.29 is 14.3 Å². The minimum absolute atomic E-state index is 0.0346. The van der Waals surface area contributed by atoms with E-state index in [1.165, 1.54) is 12.8 Å². The molecule has 0 radical (unpaired) electrons. The predicted molar refractivity (Wildman–Crippen MR) is 59.5 cm³/mol. The molecule has 1 aliphatic carbocycles. The molecule has 0 atom stereocenters. The summed E-state index contributed by atoms with van der Waals surface area (Å²) in [6.07, 6.45) is 2.66. The van der Waals surface area contributed by atoms with E-state index in [4.69, 9.17) is 9.52 Å². The molecular weight excluding hydrogens is 206 g/mol. The average Bonchev–Trinajstić information content (AvgIpc) is 2.91. The van der Waals surface area contributed by atoms with Crippen molar-refractivity contribution in [2.45, 2.75) is 26.3 Å². The minimum Gasteiger partial charge on any atom is -0.475 e. The zero-order chi connectivity index (χ0) is 11.7. The van der Waals surface area contributed by atoms with Crippen molar-refractivity contribution in [1.29, 1.82) is 0 Å². The van der Waals surface area contributed by atoms with Gasteiger partial charge < -0.3 is 14.4 Å². The number of rotatable bonds is 5. The molecule has 2 rings (SSSR count). The van der Waals surface area contributed by atoms with Gasteiger partial charge in [-0.15, -0.1) is 0 Å². The van der Waals surface area contributed by atoms with E-state index in [-0.39, 0.29) is 5.76 Å². The van der Waals surface area contributed by atoms with E-state index in [9.17, 15) is 4.79 Å². The second-order valence-corrected chi connectivity index (χ2v) is 4.64. The van der Waals surface area contributed by atoms with E-state index < -0.39 is 5.97 Å². The van der Waals surface area contributed by atoms with Gasteiger partial charge in [0.2, 0.25) is 5.76 Å². The first-order chi connectivity index (χ1) is 7.56. The molecule has 0 unspecified atom stereocenters. The second kappa shape index (κ2) is 4.29. The van der Waals surface area contributed by atoms with E-state index in [2.05, 4.69) is 11.9 Å². The van der Waals surface area contributed by atoms with Crippen molar-refractivity contribution in [3.8, 4) is 0 Å². The van der Waals surface area contributed by atoms with E-state index in [0.717, 1.165) is 24.6 Å². The Kier molecular flexibility index (Phi) is 3.01. The number of hydrogen-bond acceptors (Lipinski definition) is 3. The van der Waals surface area contributed by atoms with Gasteiger partial charge in [-0.2, -0.15) is 0 Å². The SMILES string of the molecule is Cc1oc(C(=O)O)cc1CN(C)CC1CC1. The number of nitrogens with zero attached hydrogens (tertiary/aromatic N) is 1. The van der Waals surface area contributed by atoms with Crippen molar-refractivity contribution in [2.75, 3.05) is 13.6 Å². The third-order valence-electron chi connectivity index (χ3n) is 2.94. The van der Waals surface area contributed by atoms with Crippen molar-refractivity contribution in [2.24, 2.45) is 5.92 Å². The molecule has 0 amide bonds. The highest BCUT2D eigenvalue weighted by atomic mass is 16.4. The lowest BCUT2D eigenvalue weighted by molar-refractivity contribution is 0.0661. The van der Waals surface area contributed by atoms with Crippen LogP contribution in [0.4, 0.5) is 0 Å². The van der Waals surface area contributed by atoms with Crippen LogP contribution >= 0.6 is 0 Å². The normalized spacial score (nSPS) is 15.7. The summed E-state index contributed by atoms with van der Waals surface area (Å²) in [7, 11) is 2.06. The highest BCUT2D eigenvalue weighted by Crippen LogP contribution is 2.30. The number of carboxylic acids is 1. The summed E-state index contributed by atoms with van der Waals surface area (Å²) in [5.74, 6) is 0.586. The molecule has 1 aliphatic rings. The molecule has 0 aromatic carbocycles. The molecule has 0 spiro atoms. The number of aromatic carboxylic acids is 1. The van der Waals surface area contributed by atoms with E-state index in [1.807, 2.05) is 6.92 Å². The summed E-state index contributed by atoms with van der Waals surface area (Å²) >= 11 is 0. The Hall–Kier alpha value is -1.29. The molecule has 4 heteroatoms. The molecule has 4 nitrogen and oxygen atoms in total. The smallest absolute Gasteiger partial charge is 0.371 e. The molecule has 0 saturated heterocycles. The number of furan rings is 1. The van der Waals surface area contributed by atoms with Gasteiger partial charge in [0.05, 0.1) is 0 Å². The van der Waals surface area contributed by atoms with Crippen molar-refractivity contribution in [3.05, 3.63) is 23.2 Å². The molecule has 1 saturated carbocycles. The van der Waals surface area contributed by atoms with Gasteiger partial charge in [0.15, 0.2) is 0 Å². The zero-order valence-electron chi connectivity index (χ0n) is 9.69. The Balaban J connectivity index is 1.99. The average molecular weight is 223 g/mol. The highest BCUT2D eigenvalue weighted by molar-refractivity contribution is 5.84. The van der Waals surface area contributed by atoms with Crippen molar-refractivity contribution in [1.82, 2.24) is 4.90 Å². The first-order valence-corrected chi connectivity index (χ1v) is 5.57. The van der Waals surface area contributed by atoms with Crippen LogP contribution < -0.4 is 0 Å². The lowest BCUT2D eigenvalue weighted by Gasteiger charge is -2.15. The van der Waals surface area contributed by atoms with Crippen LogP contribution in [-0.4, -0.2) is 29.6 Å². The maximum Gasteiger partial charge on any atom is 0.371 e. The summed E-state index contributed by atoms with van der Waals surface area (Å²) in [6, 6.07) is 1.63. The van der Waals surface area contributed by atoms with Crippen LogP contribution in [0.15, 0.2) is 10.5 Å². The van der Waals surface area contributed by atoms with Crippen LogP contribution in [0.3, 0.4) is 0 Å². The van der Waals surface area contributed by atoms with Gasteiger partial charge >= 0.3 is 5.97 Å². The molecule has 1 heterocycles. The molecular formula is C12H17NO3. The lowest BCUT2D eigenvalue weighted by atomic mass is 10.2. The summed E-state index contributed by atoms with van der Waals surface area (Å²) < 4.78 is 5.17. The summed E-state index contributed by atoms with van der Waals surface area (Å²) in [5, 5.41) is 8.80. The van der Waals surface area contributed by atoms with Gasteiger partial charge in [0, 0.05) is 18.7 Å². The minimum atomic E-state index is -1.00. The lowest BCUT2D eigenvalue weighted by Crippen LogP contribution is -2.20. The summed E-state index contributed by atoms with van der Waals surface area (Å²) in [6.45, 7) is 3.67. The molecule has 1 aromatic rings. The third-order valence-corrected chi connectivity index (χ3v) is 2.94. The standard InChI is InChI=1S/C12H17NO3/c1-8-10(5-11(16-8)12(14)15)7-13(2)6-9-3-4-9/h5,9H,3-4,6-7H2,1-2H3,(H,14,15). The fourth-order valence-electron chi connectivity index (χ4n) is 1.88. The van der Waals surface area contributed by atoms with Crippen LogP contribution in [0.2, 0.25) is 0 Å². The zero-order valence-corrected chi connectivity index (χ0v) is 9.69. The van der Waals surface area contributed by atoms with Gasteiger partial charge in [-0.3, -0.25) is 0 Å². The van der Waals surface area contributed by atoms with Crippen molar-refractivity contribution >= 4 is 5.97 Å². The fraction of sp³-hybridized carbons (Fsp3) is 0.583. The molecule has 1 fully saturated rings. The molecule has 1 N–H and O–H groups in total. The fourth-order valence-corrected chi connectivity index (χ4v) is 1.88. The van der Waals surface area contributed by atoms with E-state index in [1.54, 1.807) is 6.07 Å². The Morgan fingerprint density at radius 1 is 1.62 bits per heavy atom. The molecule has 88 valence electrons. The monoisotopic (exact) mass is 223 g/mol. The number of aryl methyl sites for hydroxylation is 1. The molecule has 16 heavy (non-hydrogen) atoms. The van der Waals surface area contributed by atoms with Crippen LogP contribution in [0.5, 0.6) is 0 Å². The summed E-state index contributed by atoms with van der Waals surface area (Å²) in [4.78, 5) is 13.0. The molecule has 0 aliphatic heterocycles. The van der Waals surface area contributed by atoms with Crippen LogP contribution in [0, 0.1) is 12.8 Å². The van der Waals surface area contributed by atoms with Gasteiger partial charge in [0.25, 0.3) is 0 Å². The van der Waals surface area contributed by atoms with Gasteiger partial charge in [-0.05, 0) is 38.8 Å². The number of hydrogen-bond donors (Lipinski definition) is 1. The largest absolute Gasteiger partial charge is 0.475 e. The Labute approximate surface area is 94.9 Å². The topological polar surface area (TPSA) is 53.7 Å². The second-order valence-electron chi connectivity index (χ2n) is 4.64. The molecule has 0 bridgehead atoms. The van der Waals surface area contributed by atoms with Gasteiger partial charge in [-0.1, -0.05) is 0 Å². The Morgan fingerprint density at radius 3 is 2.81 bits per heavy atom. The Bertz CT molecular complexity index is 393. The maximum atomic E-state index is 10.7. The van der Waals surface area contributed by atoms with E-state index >= 15 is 0 Å². The molecule has 1 aromatic heterocycles. The number of carboxylic acid groups (broad SMARTS) is 1. The third kappa shape index (κ3) is 2.64. The maximum absolute atomic E-state index is 10.7. The van der Waals surface area contributed by atoms with Gasteiger partial charge in [-0.25, -0.2) is 4.79 Å². The van der Waals surface area contributed by atoms with Crippen molar-refractivity contribution in [3.63, 3.8) is 0 Å². The summed E-state index contributed by atoms with van der Waals surface area (Å²) in [5.41, 5.74) is 0.973. The van der Waals surface area contributed by atoms with Crippen LogP contribution in [0.1, 0.15) is 34.7 Å². The predicted octanol–water partition coefficient (Wildman–Crippen LogP) is 2.13. The first kappa shape index (κ1) is 11.2. The quantitative estimate of drug-likeness (QED) is 0.830. The van der Waals surface area contributed by atoms with Crippen LogP contribution in [-0.2, 0) is 6.54 Å².